The van der Waals surface area contributed by atoms with E-state index in [-0.39, 0.29) is 24.0 Å². The standard InChI is InChI=1S/C13H27N3.HI/c1-3-5-6-7-10-15-13(14-4-2)16-11-8-9-12-16;/h3-12H2,1-2H3,(H,14,15);1H. The summed E-state index contributed by atoms with van der Waals surface area (Å²) in [5.74, 6) is 1.14. The molecule has 1 heterocycles. The molecule has 17 heavy (non-hydrogen) atoms. The molecule has 0 amide bonds. The van der Waals surface area contributed by atoms with Crippen LogP contribution in [0.4, 0.5) is 0 Å². The molecule has 1 aliphatic rings. The normalized spacial score (nSPS) is 15.9. The molecule has 0 spiro atoms. The summed E-state index contributed by atoms with van der Waals surface area (Å²) in [6.07, 6.45) is 7.84. The van der Waals surface area contributed by atoms with Gasteiger partial charge in [-0.3, -0.25) is 4.99 Å². The molecule has 0 atom stereocenters. The molecule has 1 N–H and O–H groups in total. The van der Waals surface area contributed by atoms with Crippen LogP contribution in [0.15, 0.2) is 4.99 Å². The Hall–Kier alpha value is 0. The van der Waals surface area contributed by atoms with Gasteiger partial charge in [-0.25, -0.2) is 0 Å². The largest absolute Gasteiger partial charge is 0.357 e. The van der Waals surface area contributed by atoms with E-state index in [4.69, 9.17) is 4.99 Å². The number of rotatable bonds is 6. The molecule has 0 bridgehead atoms. The van der Waals surface area contributed by atoms with Gasteiger partial charge in [-0.1, -0.05) is 26.2 Å². The molecule has 4 heteroatoms. The number of halogens is 1. The molecule has 3 nitrogen and oxygen atoms in total. The van der Waals surface area contributed by atoms with Crippen molar-refractivity contribution in [2.24, 2.45) is 4.99 Å². The van der Waals surface area contributed by atoms with E-state index in [1.165, 1.54) is 51.6 Å². The van der Waals surface area contributed by atoms with Crippen LogP contribution < -0.4 is 5.32 Å². The van der Waals surface area contributed by atoms with Crippen molar-refractivity contribution in [2.45, 2.75) is 52.4 Å². The first-order valence-electron chi connectivity index (χ1n) is 6.91. The lowest BCUT2D eigenvalue weighted by atomic mass is 10.2. The van der Waals surface area contributed by atoms with Crippen molar-refractivity contribution in [3.63, 3.8) is 0 Å². The summed E-state index contributed by atoms with van der Waals surface area (Å²) in [6, 6.07) is 0. The van der Waals surface area contributed by atoms with E-state index in [0.29, 0.717) is 0 Å². The van der Waals surface area contributed by atoms with Gasteiger partial charge in [-0.15, -0.1) is 24.0 Å². The number of hydrogen-bond acceptors (Lipinski definition) is 1. The lowest BCUT2D eigenvalue weighted by Gasteiger charge is -2.20. The van der Waals surface area contributed by atoms with Crippen LogP contribution in [0.5, 0.6) is 0 Å². The van der Waals surface area contributed by atoms with Crippen LogP contribution >= 0.6 is 24.0 Å². The SMILES string of the molecule is CCCCCCN=C(NCC)N1CCCC1.I. The van der Waals surface area contributed by atoms with E-state index in [1.54, 1.807) is 0 Å². The van der Waals surface area contributed by atoms with Crippen molar-refractivity contribution in [3.05, 3.63) is 0 Å². The highest BCUT2D eigenvalue weighted by Gasteiger charge is 2.14. The van der Waals surface area contributed by atoms with Gasteiger partial charge in [0.05, 0.1) is 0 Å². The fourth-order valence-corrected chi connectivity index (χ4v) is 2.08. The molecule has 0 aromatic heterocycles. The summed E-state index contributed by atoms with van der Waals surface area (Å²) in [5.41, 5.74) is 0. The van der Waals surface area contributed by atoms with Crippen LogP contribution in [-0.4, -0.2) is 37.0 Å². The Morgan fingerprint density at radius 1 is 1.12 bits per heavy atom. The number of nitrogens with one attached hydrogen (secondary N) is 1. The highest BCUT2D eigenvalue weighted by Crippen LogP contribution is 2.07. The van der Waals surface area contributed by atoms with Crippen molar-refractivity contribution < 1.29 is 0 Å². The molecule has 0 saturated carbocycles. The number of hydrogen-bond donors (Lipinski definition) is 1. The first-order valence-corrected chi connectivity index (χ1v) is 6.91. The fourth-order valence-electron chi connectivity index (χ4n) is 2.08. The second-order valence-electron chi connectivity index (χ2n) is 4.49. The maximum atomic E-state index is 4.70. The summed E-state index contributed by atoms with van der Waals surface area (Å²) < 4.78 is 0. The van der Waals surface area contributed by atoms with Gasteiger partial charge in [-0.2, -0.15) is 0 Å². The fraction of sp³-hybridized carbons (Fsp3) is 0.923. The molecule has 102 valence electrons. The lowest BCUT2D eigenvalue weighted by Crippen LogP contribution is -2.39. The molecular formula is C13H28IN3. The van der Waals surface area contributed by atoms with Gasteiger partial charge in [0.25, 0.3) is 0 Å². The number of nitrogens with zero attached hydrogens (tertiary/aromatic N) is 2. The van der Waals surface area contributed by atoms with Gasteiger partial charge in [0.2, 0.25) is 0 Å². The maximum absolute atomic E-state index is 4.70. The first-order chi connectivity index (χ1) is 7.88. The van der Waals surface area contributed by atoms with Gasteiger partial charge in [0.1, 0.15) is 0 Å². The molecule has 1 saturated heterocycles. The van der Waals surface area contributed by atoms with Crippen molar-refractivity contribution in [1.82, 2.24) is 10.2 Å². The van der Waals surface area contributed by atoms with E-state index in [2.05, 4.69) is 24.1 Å². The summed E-state index contributed by atoms with van der Waals surface area (Å²) in [5, 5.41) is 3.39. The molecule has 0 radical (unpaired) electrons. The van der Waals surface area contributed by atoms with Gasteiger partial charge in [0.15, 0.2) is 5.96 Å². The molecule has 0 aliphatic carbocycles. The summed E-state index contributed by atoms with van der Waals surface area (Å²) in [7, 11) is 0. The maximum Gasteiger partial charge on any atom is 0.193 e. The zero-order chi connectivity index (χ0) is 11.6. The highest BCUT2D eigenvalue weighted by molar-refractivity contribution is 14.0. The monoisotopic (exact) mass is 353 g/mol. The van der Waals surface area contributed by atoms with E-state index in [1.807, 2.05) is 0 Å². The quantitative estimate of drug-likeness (QED) is 0.344. The van der Waals surface area contributed by atoms with Crippen LogP contribution in [0, 0.1) is 0 Å². The second kappa shape index (κ2) is 11.1. The van der Waals surface area contributed by atoms with E-state index in [9.17, 15) is 0 Å². The van der Waals surface area contributed by atoms with Crippen LogP contribution in [0.2, 0.25) is 0 Å². The average Bonchev–Trinajstić information content (AvgIpc) is 2.81. The van der Waals surface area contributed by atoms with E-state index in [0.717, 1.165) is 19.0 Å². The predicted molar refractivity (Wildman–Crippen MR) is 86.3 cm³/mol. The van der Waals surface area contributed by atoms with Gasteiger partial charge < -0.3 is 10.2 Å². The minimum Gasteiger partial charge on any atom is -0.357 e. The van der Waals surface area contributed by atoms with Crippen LogP contribution in [0.3, 0.4) is 0 Å². The summed E-state index contributed by atoms with van der Waals surface area (Å²) in [4.78, 5) is 7.09. The van der Waals surface area contributed by atoms with Crippen molar-refractivity contribution >= 4 is 29.9 Å². The number of likely N-dealkylation sites (tertiary alicyclic amines) is 1. The third-order valence-corrected chi connectivity index (χ3v) is 3.01. The number of guanidine groups is 1. The minimum atomic E-state index is 0. The van der Waals surface area contributed by atoms with E-state index < -0.39 is 0 Å². The zero-order valence-corrected chi connectivity index (χ0v) is 13.7. The van der Waals surface area contributed by atoms with Crippen molar-refractivity contribution in [1.29, 1.82) is 0 Å². The minimum absolute atomic E-state index is 0. The molecule has 0 aromatic carbocycles. The molecule has 1 aliphatic heterocycles. The second-order valence-corrected chi connectivity index (χ2v) is 4.49. The van der Waals surface area contributed by atoms with E-state index >= 15 is 0 Å². The zero-order valence-electron chi connectivity index (χ0n) is 11.4. The Kier molecular flexibility index (Phi) is 11.1. The number of unbranched alkanes of at least 4 members (excludes halogenated alkanes) is 3. The van der Waals surface area contributed by atoms with Gasteiger partial charge >= 0.3 is 0 Å². The Labute approximate surface area is 123 Å². The molecule has 0 unspecified atom stereocenters. The summed E-state index contributed by atoms with van der Waals surface area (Å²) in [6.45, 7) is 8.71. The number of aliphatic imine (C=N–C) groups is 1. The topological polar surface area (TPSA) is 27.6 Å². The Bertz CT molecular complexity index is 201. The van der Waals surface area contributed by atoms with Gasteiger partial charge in [-0.05, 0) is 26.2 Å². The molecule has 1 fully saturated rings. The third-order valence-electron chi connectivity index (χ3n) is 3.01. The smallest absolute Gasteiger partial charge is 0.193 e. The Balaban J connectivity index is 0.00000256. The van der Waals surface area contributed by atoms with Gasteiger partial charge in [0, 0.05) is 26.2 Å². The summed E-state index contributed by atoms with van der Waals surface area (Å²) >= 11 is 0. The molecular weight excluding hydrogens is 325 g/mol. The average molecular weight is 353 g/mol. The molecule has 1 rings (SSSR count). The van der Waals surface area contributed by atoms with Crippen LogP contribution in [0.1, 0.15) is 52.4 Å². The Morgan fingerprint density at radius 3 is 2.41 bits per heavy atom. The highest BCUT2D eigenvalue weighted by atomic mass is 127. The van der Waals surface area contributed by atoms with Crippen LogP contribution in [0.25, 0.3) is 0 Å². The van der Waals surface area contributed by atoms with Crippen molar-refractivity contribution in [3.8, 4) is 0 Å². The Morgan fingerprint density at radius 2 is 1.82 bits per heavy atom. The predicted octanol–water partition coefficient (Wildman–Crippen LogP) is 3.25. The lowest BCUT2D eigenvalue weighted by molar-refractivity contribution is 0.492. The molecule has 0 aromatic rings. The third kappa shape index (κ3) is 7.11. The first kappa shape index (κ1) is 17.0. The van der Waals surface area contributed by atoms with Crippen LogP contribution in [-0.2, 0) is 0 Å². The van der Waals surface area contributed by atoms with Crippen molar-refractivity contribution in [2.75, 3.05) is 26.2 Å².